The third-order valence-electron chi connectivity index (χ3n) is 3.83. The van der Waals surface area contributed by atoms with Crippen LogP contribution in [-0.4, -0.2) is 38.2 Å². The van der Waals surface area contributed by atoms with Crippen molar-refractivity contribution in [1.82, 2.24) is 10.2 Å². The summed E-state index contributed by atoms with van der Waals surface area (Å²) in [5.74, 6) is 1.01. The summed E-state index contributed by atoms with van der Waals surface area (Å²) in [5.41, 5.74) is 2.70. The summed E-state index contributed by atoms with van der Waals surface area (Å²) >= 11 is 0. The van der Waals surface area contributed by atoms with Crippen LogP contribution in [0.3, 0.4) is 0 Å². The smallest absolute Gasteiger partial charge is 0.123 e. The van der Waals surface area contributed by atoms with Crippen molar-refractivity contribution in [2.75, 3.05) is 27.2 Å². The molecule has 1 aliphatic heterocycles. The second-order valence-corrected chi connectivity index (χ2v) is 5.01. The number of nitrogens with one attached hydrogen (secondary N) is 1. The first-order chi connectivity index (χ1) is 8.76. The highest BCUT2D eigenvalue weighted by Crippen LogP contribution is 2.23. The lowest BCUT2D eigenvalue weighted by Gasteiger charge is -2.18. The van der Waals surface area contributed by atoms with Gasteiger partial charge in [-0.3, -0.25) is 4.90 Å². The minimum atomic E-state index is 0.644. The van der Waals surface area contributed by atoms with E-state index < -0.39 is 0 Å². The van der Waals surface area contributed by atoms with Crippen LogP contribution in [-0.2, 0) is 13.0 Å². The Morgan fingerprint density at radius 2 is 2.28 bits per heavy atom. The first kappa shape index (κ1) is 13.4. The number of hydrogen-bond acceptors (Lipinski definition) is 3. The van der Waals surface area contributed by atoms with Crippen LogP contribution < -0.4 is 10.1 Å². The van der Waals surface area contributed by atoms with Gasteiger partial charge < -0.3 is 10.1 Å². The molecule has 18 heavy (non-hydrogen) atoms. The molecule has 3 nitrogen and oxygen atoms in total. The van der Waals surface area contributed by atoms with Crippen molar-refractivity contribution < 1.29 is 4.74 Å². The summed E-state index contributed by atoms with van der Waals surface area (Å²) in [5, 5.41) is 3.36. The average Bonchev–Trinajstić information content (AvgIpc) is 2.86. The van der Waals surface area contributed by atoms with Gasteiger partial charge in [-0.15, -0.1) is 0 Å². The van der Waals surface area contributed by atoms with Gasteiger partial charge in [-0.1, -0.05) is 19.1 Å². The third kappa shape index (κ3) is 3.03. The number of likely N-dealkylation sites (N-methyl/N-ethyl adjacent to an activating group) is 1. The Morgan fingerprint density at radius 1 is 1.44 bits per heavy atom. The van der Waals surface area contributed by atoms with Crippen LogP contribution in [0, 0.1) is 0 Å². The van der Waals surface area contributed by atoms with E-state index in [-0.39, 0.29) is 0 Å². The summed E-state index contributed by atoms with van der Waals surface area (Å²) in [6, 6.07) is 7.18. The van der Waals surface area contributed by atoms with E-state index in [9.17, 15) is 0 Å². The molecular formula is C15H24N2O. The fourth-order valence-corrected chi connectivity index (χ4v) is 2.63. The standard InChI is InChI=1S/C15H24N2O/c1-4-12-5-6-15(18-3)13(9-12)10-17-8-7-14(11-17)16-2/h5-6,9,14,16H,4,7-8,10-11H2,1-3H3. The predicted molar refractivity (Wildman–Crippen MR) is 75.1 cm³/mol. The maximum absolute atomic E-state index is 5.47. The van der Waals surface area contributed by atoms with Crippen LogP contribution in [0.25, 0.3) is 0 Å². The van der Waals surface area contributed by atoms with Crippen LogP contribution in [0.2, 0.25) is 0 Å². The van der Waals surface area contributed by atoms with Gasteiger partial charge in [0.15, 0.2) is 0 Å². The van der Waals surface area contributed by atoms with E-state index >= 15 is 0 Å². The molecule has 0 saturated carbocycles. The molecule has 0 radical (unpaired) electrons. The Hall–Kier alpha value is -1.06. The van der Waals surface area contributed by atoms with Gasteiger partial charge in [0.05, 0.1) is 7.11 Å². The molecule has 1 saturated heterocycles. The van der Waals surface area contributed by atoms with Gasteiger partial charge >= 0.3 is 0 Å². The number of nitrogens with zero attached hydrogens (tertiary/aromatic N) is 1. The number of hydrogen-bond donors (Lipinski definition) is 1. The molecule has 1 N–H and O–H groups in total. The van der Waals surface area contributed by atoms with Gasteiger partial charge in [0, 0.05) is 31.2 Å². The summed E-state index contributed by atoms with van der Waals surface area (Å²) < 4.78 is 5.47. The lowest BCUT2D eigenvalue weighted by Crippen LogP contribution is -2.29. The molecule has 1 aliphatic rings. The van der Waals surface area contributed by atoms with E-state index in [1.165, 1.54) is 24.1 Å². The fourth-order valence-electron chi connectivity index (χ4n) is 2.63. The van der Waals surface area contributed by atoms with Gasteiger partial charge in [0.25, 0.3) is 0 Å². The van der Waals surface area contributed by atoms with Gasteiger partial charge in [-0.2, -0.15) is 0 Å². The largest absolute Gasteiger partial charge is 0.496 e. The van der Waals surface area contributed by atoms with Crippen LogP contribution in [0.4, 0.5) is 0 Å². The lowest BCUT2D eigenvalue weighted by atomic mass is 10.1. The number of likely N-dealkylation sites (tertiary alicyclic amines) is 1. The Labute approximate surface area is 110 Å². The Kier molecular flexibility index (Phi) is 4.61. The van der Waals surface area contributed by atoms with Crippen LogP contribution in [0.5, 0.6) is 5.75 Å². The third-order valence-corrected chi connectivity index (χ3v) is 3.83. The molecular weight excluding hydrogens is 224 g/mol. The molecule has 0 amide bonds. The van der Waals surface area contributed by atoms with E-state index in [0.717, 1.165) is 25.3 Å². The zero-order valence-corrected chi connectivity index (χ0v) is 11.7. The number of rotatable bonds is 5. The number of methoxy groups -OCH3 is 1. The normalized spacial score (nSPS) is 20.3. The molecule has 1 unspecified atom stereocenters. The molecule has 1 heterocycles. The molecule has 100 valence electrons. The molecule has 1 fully saturated rings. The summed E-state index contributed by atoms with van der Waals surface area (Å²) in [4.78, 5) is 2.50. The summed E-state index contributed by atoms with van der Waals surface area (Å²) in [6.45, 7) is 5.49. The van der Waals surface area contributed by atoms with Crippen molar-refractivity contribution in [3.8, 4) is 5.75 Å². The van der Waals surface area contributed by atoms with Crippen molar-refractivity contribution in [2.45, 2.75) is 32.4 Å². The minimum absolute atomic E-state index is 0.644. The average molecular weight is 248 g/mol. The SMILES string of the molecule is CCc1ccc(OC)c(CN2CCC(NC)C2)c1. The number of benzene rings is 1. The quantitative estimate of drug-likeness (QED) is 0.863. The zero-order valence-electron chi connectivity index (χ0n) is 11.7. The molecule has 0 aliphatic carbocycles. The highest BCUT2D eigenvalue weighted by atomic mass is 16.5. The molecule has 1 atom stereocenters. The maximum atomic E-state index is 5.47. The number of ether oxygens (including phenoxy) is 1. The highest BCUT2D eigenvalue weighted by molar-refractivity contribution is 5.37. The molecule has 1 aromatic rings. The first-order valence-corrected chi connectivity index (χ1v) is 6.82. The van der Waals surface area contributed by atoms with Crippen molar-refractivity contribution in [3.05, 3.63) is 29.3 Å². The van der Waals surface area contributed by atoms with Crippen LogP contribution >= 0.6 is 0 Å². The number of aryl methyl sites for hydroxylation is 1. The van der Waals surface area contributed by atoms with Gasteiger partial charge in [-0.25, -0.2) is 0 Å². The van der Waals surface area contributed by atoms with E-state index in [1.54, 1.807) is 7.11 Å². The molecule has 0 spiro atoms. The van der Waals surface area contributed by atoms with Crippen molar-refractivity contribution in [2.24, 2.45) is 0 Å². The topological polar surface area (TPSA) is 24.5 Å². The highest BCUT2D eigenvalue weighted by Gasteiger charge is 2.21. The lowest BCUT2D eigenvalue weighted by molar-refractivity contribution is 0.313. The minimum Gasteiger partial charge on any atom is -0.496 e. The molecule has 3 heteroatoms. The van der Waals surface area contributed by atoms with Gasteiger partial charge in [0.2, 0.25) is 0 Å². The van der Waals surface area contributed by atoms with Crippen molar-refractivity contribution >= 4 is 0 Å². The first-order valence-electron chi connectivity index (χ1n) is 6.82. The van der Waals surface area contributed by atoms with E-state index in [0.29, 0.717) is 6.04 Å². The molecule has 0 bridgehead atoms. The van der Waals surface area contributed by atoms with E-state index in [4.69, 9.17) is 4.74 Å². The summed E-state index contributed by atoms with van der Waals surface area (Å²) in [6.07, 6.45) is 2.32. The Balaban J connectivity index is 2.07. The maximum Gasteiger partial charge on any atom is 0.123 e. The molecule has 1 aromatic carbocycles. The second kappa shape index (κ2) is 6.21. The second-order valence-electron chi connectivity index (χ2n) is 5.01. The van der Waals surface area contributed by atoms with Crippen molar-refractivity contribution in [3.63, 3.8) is 0 Å². The molecule has 0 aromatic heterocycles. The predicted octanol–water partition coefficient (Wildman–Crippen LogP) is 2.05. The Morgan fingerprint density at radius 3 is 2.89 bits per heavy atom. The summed E-state index contributed by atoms with van der Waals surface area (Å²) in [7, 11) is 3.80. The fraction of sp³-hybridized carbons (Fsp3) is 0.600. The monoisotopic (exact) mass is 248 g/mol. The van der Waals surface area contributed by atoms with Gasteiger partial charge in [0.1, 0.15) is 5.75 Å². The van der Waals surface area contributed by atoms with Gasteiger partial charge in [-0.05, 0) is 31.5 Å². The molecule has 2 rings (SSSR count). The van der Waals surface area contributed by atoms with Crippen LogP contribution in [0.1, 0.15) is 24.5 Å². The van der Waals surface area contributed by atoms with Crippen LogP contribution in [0.15, 0.2) is 18.2 Å². The van der Waals surface area contributed by atoms with E-state index in [2.05, 4.69) is 35.3 Å². The van der Waals surface area contributed by atoms with E-state index in [1.807, 2.05) is 7.05 Å². The Bertz CT molecular complexity index is 392. The zero-order chi connectivity index (χ0) is 13.0. The van der Waals surface area contributed by atoms with Crippen molar-refractivity contribution in [1.29, 1.82) is 0 Å².